The number of fused-ring (bicyclic) bond motifs is 1. The molecule has 0 bridgehead atoms. The second-order valence-electron chi connectivity index (χ2n) is 4.85. The Bertz CT molecular complexity index is 474. The van der Waals surface area contributed by atoms with E-state index in [0.29, 0.717) is 0 Å². The Morgan fingerprint density at radius 3 is 2.53 bits per heavy atom. The average molecular weight is 247 g/mol. The Labute approximate surface area is 108 Å². The van der Waals surface area contributed by atoms with Crippen LogP contribution in [0.1, 0.15) is 32.3 Å². The maximum absolute atomic E-state index is 5.99. The van der Waals surface area contributed by atoms with Crippen LogP contribution < -0.4 is 5.73 Å². The monoisotopic (exact) mass is 247 g/mol. The van der Waals surface area contributed by atoms with Crippen LogP contribution in [0.4, 0.5) is 0 Å². The fourth-order valence-corrected chi connectivity index (χ4v) is 3.40. The molecule has 92 valence electrons. The predicted molar refractivity (Wildman–Crippen MR) is 77.6 cm³/mol. The van der Waals surface area contributed by atoms with E-state index in [2.05, 4.69) is 43.5 Å². The van der Waals surface area contributed by atoms with Crippen LogP contribution in [0.15, 0.2) is 29.6 Å². The molecular formula is C15H21NS. The number of rotatable bonds is 5. The van der Waals surface area contributed by atoms with Gasteiger partial charge in [-0.3, -0.25) is 0 Å². The van der Waals surface area contributed by atoms with E-state index in [1.165, 1.54) is 15.6 Å². The van der Waals surface area contributed by atoms with Crippen molar-refractivity contribution in [2.24, 2.45) is 11.1 Å². The van der Waals surface area contributed by atoms with Gasteiger partial charge in [-0.2, -0.15) is 0 Å². The molecule has 2 rings (SSSR count). The van der Waals surface area contributed by atoms with Crippen molar-refractivity contribution in [1.82, 2.24) is 0 Å². The van der Waals surface area contributed by atoms with Crippen LogP contribution in [0, 0.1) is 5.41 Å². The molecule has 0 saturated heterocycles. The Kier molecular flexibility index (Phi) is 3.85. The zero-order chi connectivity index (χ0) is 12.3. The van der Waals surface area contributed by atoms with Gasteiger partial charge in [0.15, 0.2) is 0 Å². The van der Waals surface area contributed by atoms with Crippen molar-refractivity contribution in [3.8, 4) is 0 Å². The van der Waals surface area contributed by atoms with E-state index < -0.39 is 0 Å². The maximum Gasteiger partial charge on any atom is 0.0345 e. The lowest BCUT2D eigenvalue weighted by Crippen LogP contribution is -2.31. The summed E-state index contributed by atoms with van der Waals surface area (Å²) in [4.78, 5) is 0. The normalized spacial score (nSPS) is 12.2. The molecule has 1 heterocycles. The van der Waals surface area contributed by atoms with Crippen molar-refractivity contribution in [1.29, 1.82) is 0 Å². The summed E-state index contributed by atoms with van der Waals surface area (Å²) in [5.74, 6) is 0. The third-order valence-electron chi connectivity index (χ3n) is 4.06. The molecule has 0 fully saturated rings. The van der Waals surface area contributed by atoms with Gasteiger partial charge in [0, 0.05) is 4.70 Å². The Morgan fingerprint density at radius 1 is 1.18 bits per heavy atom. The molecule has 0 atom stereocenters. The first-order chi connectivity index (χ1) is 8.24. The molecule has 1 aromatic carbocycles. The smallest absolute Gasteiger partial charge is 0.0345 e. The molecule has 1 nitrogen and oxygen atoms in total. The fourth-order valence-electron chi connectivity index (χ4n) is 2.43. The molecule has 1 aromatic heterocycles. The van der Waals surface area contributed by atoms with Crippen LogP contribution in [-0.2, 0) is 6.42 Å². The molecule has 2 N–H and O–H groups in total. The van der Waals surface area contributed by atoms with Crippen LogP contribution >= 0.6 is 11.3 Å². The lowest BCUT2D eigenvalue weighted by Gasteiger charge is -2.30. The summed E-state index contributed by atoms with van der Waals surface area (Å²) >= 11 is 1.85. The van der Waals surface area contributed by atoms with Crippen molar-refractivity contribution in [3.05, 3.63) is 35.2 Å². The van der Waals surface area contributed by atoms with Gasteiger partial charge in [0.2, 0.25) is 0 Å². The van der Waals surface area contributed by atoms with Crippen molar-refractivity contribution < 1.29 is 0 Å². The summed E-state index contributed by atoms with van der Waals surface area (Å²) in [6.45, 7) is 5.29. The zero-order valence-corrected chi connectivity index (χ0v) is 11.5. The summed E-state index contributed by atoms with van der Waals surface area (Å²) in [7, 11) is 0. The minimum Gasteiger partial charge on any atom is -0.330 e. The summed E-state index contributed by atoms with van der Waals surface area (Å²) < 4.78 is 1.39. The predicted octanol–water partition coefficient (Wildman–Crippen LogP) is 4.21. The first-order valence-corrected chi connectivity index (χ1v) is 7.28. The van der Waals surface area contributed by atoms with Crippen molar-refractivity contribution in [3.63, 3.8) is 0 Å². The van der Waals surface area contributed by atoms with Gasteiger partial charge in [-0.1, -0.05) is 32.0 Å². The van der Waals surface area contributed by atoms with Gasteiger partial charge in [0.05, 0.1) is 0 Å². The van der Waals surface area contributed by atoms with Gasteiger partial charge in [-0.15, -0.1) is 11.3 Å². The van der Waals surface area contributed by atoms with Crippen molar-refractivity contribution >= 4 is 21.4 Å². The number of hydrogen-bond acceptors (Lipinski definition) is 2. The van der Waals surface area contributed by atoms with Crippen molar-refractivity contribution in [2.75, 3.05) is 6.54 Å². The van der Waals surface area contributed by atoms with E-state index in [1.54, 1.807) is 0 Å². The minimum atomic E-state index is 0.282. The average Bonchev–Trinajstić information content (AvgIpc) is 2.79. The van der Waals surface area contributed by atoms with Gasteiger partial charge in [0.25, 0.3) is 0 Å². The highest BCUT2D eigenvalue weighted by atomic mass is 32.1. The van der Waals surface area contributed by atoms with E-state index >= 15 is 0 Å². The number of nitrogens with two attached hydrogens (primary N) is 1. The van der Waals surface area contributed by atoms with E-state index in [9.17, 15) is 0 Å². The molecule has 2 heteroatoms. The number of thiophene rings is 1. The van der Waals surface area contributed by atoms with Crippen LogP contribution in [0.5, 0.6) is 0 Å². The van der Waals surface area contributed by atoms with Gasteiger partial charge in [0.1, 0.15) is 0 Å². The Hall–Kier alpha value is -0.860. The minimum absolute atomic E-state index is 0.282. The lowest BCUT2D eigenvalue weighted by molar-refractivity contribution is 0.272. The lowest BCUT2D eigenvalue weighted by atomic mass is 9.77. The third kappa shape index (κ3) is 2.38. The van der Waals surface area contributed by atoms with Gasteiger partial charge < -0.3 is 5.73 Å². The molecule has 0 aliphatic carbocycles. The molecule has 0 spiro atoms. The molecule has 17 heavy (non-hydrogen) atoms. The molecule has 0 aliphatic rings. The molecule has 0 amide bonds. The van der Waals surface area contributed by atoms with E-state index in [-0.39, 0.29) is 5.41 Å². The topological polar surface area (TPSA) is 26.0 Å². The van der Waals surface area contributed by atoms with Gasteiger partial charge >= 0.3 is 0 Å². The van der Waals surface area contributed by atoms with E-state index in [0.717, 1.165) is 25.8 Å². The highest BCUT2D eigenvalue weighted by Crippen LogP contribution is 2.34. The van der Waals surface area contributed by atoms with Crippen molar-refractivity contribution in [2.45, 2.75) is 33.1 Å². The van der Waals surface area contributed by atoms with Crippen LogP contribution in [0.2, 0.25) is 0 Å². The fraction of sp³-hybridized carbons (Fsp3) is 0.467. The highest BCUT2D eigenvalue weighted by Gasteiger charge is 2.25. The number of benzene rings is 1. The summed E-state index contributed by atoms with van der Waals surface area (Å²) in [5, 5.41) is 3.72. The summed E-state index contributed by atoms with van der Waals surface area (Å²) in [6, 6.07) is 8.66. The van der Waals surface area contributed by atoms with Gasteiger partial charge in [-0.05, 0) is 53.6 Å². The zero-order valence-electron chi connectivity index (χ0n) is 10.7. The Balaban J connectivity index is 2.34. The standard InChI is InChI=1S/C15H21NS/c1-3-15(4-2,11-16)9-12-10-17-14-8-6-5-7-13(12)14/h5-8,10H,3-4,9,11,16H2,1-2H3. The third-order valence-corrected chi connectivity index (χ3v) is 5.07. The van der Waals surface area contributed by atoms with E-state index in [1.807, 2.05) is 11.3 Å². The second-order valence-corrected chi connectivity index (χ2v) is 5.76. The van der Waals surface area contributed by atoms with Crippen LogP contribution in [0.3, 0.4) is 0 Å². The SMILES string of the molecule is CCC(CC)(CN)Cc1csc2ccccc12. The molecule has 2 aromatic rings. The molecular weight excluding hydrogens is 226 g/mol. The molecule has 0 unspecified atom stereocenters. The van der Waals surface area contributed by atoms with Crippen LogP contribution in [-0.4, -0.2) is 6.54 Å². The van der Waals surface area contributed by atoms with Gasteiger partial charge in [-0.25, -0.2) is 0 Å². The molecule has 0 saturated carbocycles. The summed E-state index contributed by atoms with van der Waals surface area (Å²) in [6.07, 6.45) is 3.43. The van der Waals surface area contributed by atoms with Crippen LogP contribution in [0.25, 0.3) is 10.1 Å². The Morgan fingerprint density at radius 2 is 1.88 bits per heavy atom. The first-order valence-electron chi connectivity index (χ1n) is 6.40. The molecule has 0 aliphatic heterocycles. The molecule has 0 radical (unpaired) electrons. The largest absolute Gasteiger partial charge is 0.330 e. The maximum atomic E-state index is 5.99. The summed E-state index contributed by atoms with van der Waals surface area (Å²) in [5.41, 5.74) is 7.75. The number of hydrogen-bond donors (Lipinski definition) is 1. The first kappa shape index (κ1) is 12.6. The highest BCUT2D eigenvalue weighted by molar-refractivity contribution is 7.17. The second kappa shape index (κ2) is 5.19. The quantitative estimate of drug-likeness (QED) is 0.841. The van der Waals surface area contributed by atoms with E-state index in [4.69, 9.17) is 5.73 Å².